The predicted molar refractivity (Wildman–Crippen MR) is 74.6 cm³/mol. The minimum Gasteiger partial charge on any atom is -0.399 e. The fourth-order valence-electron chi connectivity index (χ4n) is 1.99. The van der Waals surface area contributed by atoms with Crippen molar-refractivity contribution in [2.24, 2.45) is 5.92 Å². The first-order chi connectivity index (χ1) is 8.99. The lowest BCUT2D eigenvalue weighted by Crippen LogP contribution is -2.32. The highest BCUT2D eigenvalue weighted by Gasteiger charge is 2.21. The van der Waals surface area contributed by atoms with Gasteiger partial charge in [0.15, 0.2) is 0 Å². The summed E-state index contributed by atoms with van der Waals surface area (Å²) >= 11 is 5.92. The molecule has 3 N–H and O–H groups in total. The topological polar surface area (TPSA) is 81.4 Å². The lowest BCUT2D eigenvalue weighted by molar-refractivity contribution is 0.0678. The highest BCUT2D eigenvalue weighted by atomic mass is 35.5. The Morgan fingerprint density at radius 3 is 2.68 bits per heavy atom. The van der Waals surface area contributed by atoms with Crippen LogP contribution in [0.25, 0.3) is 0 Å². The van der Waals surface area contributed by atoms with Gasteiger partial charge in [0, 0.05) is 25.4 Å². The maximum atomic E-state index is 12.1. The van der Waals surface area contributed by atoms with Crippen LogP contribution < -0.4 is 10.5 Å². The Labute approximate surface area is 118 Å². The molecule has 0 amide bonds. The zero-order valence-corrected chi connectivity index (χ0v) is 12.0. The molecule has 0 radical (unpaired) electrons. The summed E-state index contributed by atoms with van der Waals surface area (Å²) in [5, 5.41) is 0.138. The minimum absolute atomic E-state index is 0.0652. The van der Waals surface area contributed by atoms with Crippen molar-refractivity contribution in [2.75, 3.05) is 25.5 Å². The minimum atomic E-state index is -3.59. The third-order valence-corrected chi connectivity index (χ3v) is 5.05. The molecule has 0 aliphatic carbocycles. The van der Waals surface area contributed by atoms with Gasteiger partial charge in [0.05, 0.1) is 5.02 Å². The first-order valence-corrected chi connectivity index (χ1v) is 7.97. The van der Waals surface area contributed by atoms with E-state index in [9.17, 15) is 8.42 Å². The third-order valence-electron chi connectivity index (χ3n) is 3.15. The highest BCUT2D eigenvalue weighted by Crippen LogP contribution is 2.24. The van der Waals surface area contributed by atoms with Crippen molar-refractivity contribution in [3.05, 3.63) is 23.2 Å². The second-order valence-corrected chi connectivity index (χ2v) is 6.74. The van der Waals surface area contributed by atoms with Gasteiger partial charge in [-0.3, -0.25) is 0 Å². The molecule has 7 heteroatoms. The molecule has 0 saturated carbocycles. The number of halogens is 1. The molecule has 1 heterocycles. The first-order valence-electron chi connectivity index (χ1n) is 6.11. The number of anilines is 1. The SMILES string of the molecule is Nc1ccc(S(=O)(=O)NCC2CCOCC2)c(Cl)c1. The van der Waals surface area contributed by atoms with Crippen molar-refractivity contribution in [3.63, 3.8) is 0 Å². The molecule has 1 aliphatic heterocycles. The predicted octanol–water partition coefficient (Wildman–Crippen LogP) is 1.63. The number of nitrogens with one attached hydrogen (secondary N) is 1. The van der Waals surface area contributed by atoms with Gasteiger partial charge in [0.2, 0.25) is 10.0 Å². The summed E-state index contributed by atoms with van der Waals surface area (Å²) in [4.78, 5) is 0.0652. The van der Waals surface area contributed by atoms with E-state index in [0.29, 0.717) is 31.4 Å². The molecule has 0 spiro atoms. The Hall–Kier alpha value is -0.820. The van der Waals surface area contributed by atoms with Gasteiger partial charge in [-0.2, -0.15) is 0 Å². The molecule has 1 saturated heterocycles. The van der Waals surface area contributed by atoms with E-state index in [1.807, 2.05) is 0 Å². The number of benzene rings is 1. The number of nitrogen functional groups attached to an aromatic ring is 1. The average molecular weight is 305 g/mol. The summed E-state index contributed by atoms with van der Waals surface area (Å²) in [6.45, 7) is 1.79. The summed E-state index contributed by atoms with van der Waals surface area (Å²) < 4.78 is 32.1. The monoisotopic (exact) mass is 304 g/mol. The molecular weight excluding hydrogens is 288 g/mol. The van der Waals surface area contributed by atoms with Crippen LogP contribution in [0.3, 0.4) is 0 Å². The van der Waals surface area contributed by atoms with Gasteiger partial charge >= 0.3 is 0 Å². The molecule has 0 aromatic heterocycles. The van der Waals surface area contributed by atoms with E-state index in [2.05, 4.69) is 4.72 Å². The van der Waals surface area contributed by atoms with E-state index in [1.165, 1.54) is 18.2 Å². The van der Waals surface area contributed by atoms with Crippen LogP contribution >= 0.6 is 11.6 Å². The van der Waals surface area contributed by atoms with Crippen molar-refractivity contribution in [3.8, 4) is 0 Å². The molecule has 0 atom stereocenters. The fourth-order valence-corrected chi connectivity index (χ4v) is 3.66. The second-order valence-electron chi connectivity index (χ2n) is 4.60. The molecule has 19 heavy (non-hydrogen) atoms. The lowest BCUT2D eigenvalue weighted by atomic mass is 10.0. The molecule has 2 rings (SSSR count). The Morgan fingerprint density at radius 1 is 1.37 bits per heavy atom. The summed E-state index contributed by atoms with van der Waals surface area (Å²) in [5.74, 6) is 0.316. The normalized spacial score (nSPS) is 17.5. The number of ether oxygens (including phenoxy) is 1. The van der Waals surface area contributed by atoms with Gasteiger partial charge in [0.1, 0.15) is 4.90 Å². The van der Waals surface area contributed by atoms with E-state index in [1.54, 1.807) is 0 Å². The fraction of sp³-hybridized carbons (Fsp3) is 0.500. The second kappa shape index (κ2) is 6.09. The van der Waals surface area contributed by atoms with E-state index >= 15 is 0 Å². The number of hydrogen-bond acceptors (Lipinski definition) is 4. The quantitative estimate of drug-likeness (QED) is 0.828. The Morgan fingerprint density at radius 2 is 2.05 bits per heavy atom. The van der Waals surface area contributed by atoms with E-state index in [0.717, 1.165) is 12.8 Å². The Balaban J connectivity index is 2.05. The van der Waals surface area contributed by atoms with Crippen molar-refractivity contribution in [1.82, 2.24) is 4.72 Å². The van der Waals surface area contributed by atoms with Crippen molar-refractivity contribution >= 4 is 27.3 Å². The number of nitrogens with two attached hydrogens (primary N) is 1. The first kappa shape index (κ1) is 14.6. The van der Waals surface area contributed by atoms with Crippen LogP contribution in [0.5, 0.6) is 0 Å². The van der Waals surface area contributed by atoms with Gasteiger partial charge in [-0.25, -0.2) is 13.1 Å². The number of rotatable bonds is 4. The molecule has 0 bridgehead atoms. The molecule has 106 valence electrons. The molecular formula is C12H17ClN2O3S. The number of hydrogen-bond donors (Lipinski definition) is 2. The maximum absolute atomic E-state index is 12.1. The van der Waals surface area contributed by atoms with Crippen molar-refractivity contribution in [1.29, 1.82) is 0 Å². The molecule has 0 unspecified atom stereocenters. The van der Waals surface area contributed by atoms with E-state index < -0.39 is 10.0 Å². The van der Waals surface area contributed by atoms with Gasteiger partial charge < -0.3 is 10.5 Å². The standard InChI is InChI=1S/C12H17ClN2O3S/c13-11-7-10(14)1-2-12(11)19(16,17)15-8-9-3-5-18-6-4-9/h1-2,7,9,15H,3-6,8,14H2. The van der Waals surface area contributed by atoms with Gasteiger partial charge in [-0.05, 0) is 37.0 Å². The van der Waals surface area contributed by atoms with Gasteiger partial charge in [-0.15, -0.1) is 0 Å². The van der Waals surface area contributed by atoms with Crippen LogP contribution in [0.4, 0.5) is 5.69 Å². The Bertz CT molecular complexity index is 542. The number of sulfonamides is 1. The van der Waals surface area contributed by atoms with Crippen molar-refractivity contribution < 1.29 is 13.2 Å². The van der Waals surface area contributed by atoms with Crippen LogP contribution in [0.2, 0.25) is 5.02 Å². The van der Waals surface area contributed by atoms with Crippen LogP contribution in [0.15, 0.2) is 23.1 Å². The zero-order valence-electron chi connectivity index (χ0n) is 10.4. The Kier molecular flexibility index (Phi) is 4.67. The van der Waals surface area contributed by atoms with Crippen molar-refractivity contribution in [2.45, 2.75) is 17.7 Å². The maximum Gasteiger partial charge on any atom is 0.242 e. The highest BCUT2D eigenvalue weighted by molar-refractivity contribution is 7.89. The van der Waals surface area contributed by atoms with Crippen LogP contribution in [0.1, 0.15) is 12.8 Å². The molecule has 1 aromatic rings. The smallest absolute Gasteiger partial charge is 0.242 e. The molecule has 1 fully saturated rings. The van der Waals surface area contributed by atoms with E-state index in [4.69, 9.17) is 22.1 Å². The van der Waals surface area contributed by atoms with Crippen LogP contribution in [-0.2, 0) is 14.8 Å². The summed E-state index contributed by atoms with van der Waals surface area (Å²) in [6.07, 6.45) is 1.75. The largest absolute Gasteiger partial charge is 0.399 e. The summed E-state index contributed by atoms with van der Waals surface area (Å²) in [7, 11) is -3.59. The summed E-state index contributed by atoms with van der Waals surface area (Å²) in [5.41, 5.74) is 5.99. The summed E-state index contributed by atoms with van der Waals surface area (Å²) in [6, 6.07) is 4.38. The van der Waals surface area contributed by atoms with Crippen LogP contribution in [0, 0.1) is 5.92 Å². The van der Waals surface area contributed by atoms with Gasteiger partial charge in [0.25, 0.3) is 0 Å². The molecule has 1 aromatic carbocycles. The van der Waals surface area contributed by atoms with Crippen LogP contribution in [-0.4, -0.2) is 28.2 Å². The molecule has 1 aliphatic rings. The van der Waals surface area contributed by atoms with Gasteiger partial charge in [-0.1, -0.05) is 11.6 Å². The lowest BCUT2D eigenvalue weighted by Gasteiger charge is -2.22. The zero-order chi connectivity index (χ0) is 13.9. The average Bonchev–Trinajstić information content (AvgIpc) is 2.37. The molecule has 5 nitrogen and oxygen atoms in total. The van der Waals surface area contributed by atoms with E-state index in [-0.39, 0.29) is 9.92 Å². The third kappa shape index (κ3) is 3.82.